The fourth-order valence-electron chi connectivity index (χ4n) is 11.8. The number of hydrogen-bond donors (Lipinski definition) is 0. The van der Waals surface area contributed by atoms with Gasteiger partial charge in [-0.1, -0.05) is 185 Å². The van der Waals surface area contributed by atoms with Gasteiger partial charge in [-0.25, -0.2) is 0 Å². The molecule has 0 saturated carbocycles. The van der Waals surface area contributed by atoms with Crippen molar-refractivity contribution in [3.05, 3.63) is 0 Å². The summed E-state index contributed by atoms with van der Waals surface area (Å²) in [6, 6.07) is 0. The minimum absolute atomic E-state index is 0.146. The summed E-state index contributed by atoms with van der Waals surface area (Å²) in [5, 5.41) is 0. The predicted molar refractivity (Wildman–Crippen MR) is 337 cm³/mol. The molecular weight excluding hydrogens is 1150 g/mol. The van der Waals surface area contributed by atoms with E-state index in [1.807, 2.05) is 0 Å². The molecule has 2 saturated heterocycles. The van der Waals surface area contributed by atoms with Gasteiger partial charge in [-0.3, -0.25) is 33.6 Å². The summed E-state index contributed by atoms with van der Waals surface area (Å²) in [6.45, 7) is 30.8. The summed E-state index contributed by atoms with van der Waals surface area (Å²) in [5.41, 5.74) is 0. The van der Waals surface area contributed by atoms with E-state index in [4.69, 9.17) is 61.6 Å². The molecule has 2 rings (SSSR count). The molecule has 20 heteroatoms. The quantitative estimate of drug-likeness (QED) is 0.0312. The highest BCUT2D eigenvalue weighted by Gasteiger charge is 2.56. The molecule has 2 aliphatic heterocycles. The fraction of sp³-hybridized carbons (Fsp3) is 0.899. The largest absolute Gasteiger partial charge is 0.463 e. The van der Waals surface area contributed by atoms with Crippen LogP contribution in [0.15, 0.2) is 0 Å². The zero-order valence-electron chi connectivity index (χ0n) is 58.0. The first-order chi connectivity index (χ1) is 42.0. The third-order valence-electron chi connectivity index (χ3n) is 16.9. The molecule has 0 radical (unpaired) electrons. The molecule has 518 valence electrons. The Morgan fingerprint density at radius 3 is 0.978 bits per heavy atom. The minimum atomic E-state index is -1.67. The van der Waals surface area contributed by atoms with Gasteiger partial charge in [0.15, 0.2) is 49.2 Å². The van der Waals surface area contributed by atoms with Crippen LogP contribution in [0.4, 0.5) is 0 Å². The lowest BCUT2D eigenvalue weighted by Crippen LogP contribution is -2.65. The number of carbonyl (C=O) groups excluding carboxylic acids is 7. The van der Waals surface area contributed by atoms with E-state index < -0.39 is 123 Å². The summed E-state index contributed by atoms with van der Waals surface area (Å²) in [6.07, 6.45) is 8.19. The number of rotatable bonds is 47. The molecule has 0 N–H and O–H groups in total. The van der Waals surface area contributed by atoms with Crippen LogP contribution in [0.25, 0.3) is 0 Å². The Kier molecular flexibility index (Phi) is 41.4. The van der Waals surface area contributed by atoms with Crippen LogP contribution in [0.1, 0.15) is 246 Å². The van der Waals surface area contributed by atoms with Gasteiger partial charge in [-0.05, 0) is 60.2 Å². The average Bonchev–Trinajstić information content (AvgIpc) is 1.06. The lowest BCUT2D eigenvalue weighted by molar-refractivity contribution is -0.336. The van der Waals surface area contributed by atoms with E-state index in [0.717, 1.165) is 111 Å². The van der Waals surface area contributed by atoms with E-state index in [1.54, 1.807) is 0 Å². The van der Waals surface area contributed by atoms with Gasteiger partial charge in [0.2, 0.25) is 0 Å². The highest BCUT2D eigenvalue weighted by molar-refractivity contribution is 5.69. The fourth-order valence-corrected chi connectivity index (χ4v) is 11.8. The van der Waals surface area contributed by atoms with Crippen LogP contribution in [-0.4, -0.2) is 149 Å². The summed E-state index contributed by atoms with van der Waals surface area (Å²) < 4.78 is 77.6. The first-order valence-corrected chi connectivity index (χ1v) is 33.9. The molecule has 0 bridgehead atoms. The van der Waals surface area contributed by atoms with Crippen LogP contribution in [0, 0.1) is 47.3 Å². The summed E-state index contributed by atoms with van der Waals surface area (Å²) in [7, 11) is 0. The Morgan fingerprint density at radius 1 is 0.326 bits per heavy atom. The standard InChI is InChI=1S/C69H122O20/c1-44(2)24-18-26-46(5)28-20-30-48(7)32-22-34-50(9)36-38-77-40-59(78-39-37-51(10)35-23-33-49(8)31-21-29-47(6)27-19-25-45(3)4)41-80-68-66(86-57(16)75)65(85-56(15)74)63(83-54(13)72)61(89-68)43-81-69-67(87-58(17)76)64(84-55(14)73)62(82-53(12)71)60(88-69)42-79-52(11)70/h44-51,59-69H,18-43H2,1-17H3/t46-,47-,48-,49-,50-,51-,59+,60-,61-,62-,63-,64+,65+,66-,67-,68-,69-/m1/s1. The van der Waals surface area contributed by atoms with E-state index >= 15 is 0 Å². The zero-order valence-corrected chi connectivity index (χ0v) is 58.0. The maximum atomic E-state index is 12.9. The van der Waals surface area contributed by atoms with E-state index in [0.29, 0.717) is 36.9 Å². The smallest absolute Gasteiger partial charge is 0.303 e. The third-order valence-corrected chi connectivity index (χ3v) is 16.9. The summed E-state index contributed by atoms with van der Waals surface area (Å²) in [5.74, 6) is -0.443. The maximum absolute atomic E-state index is 12.9. The molecule has 0 aromatic heterocycles. The van der Waals surface area contributed by atoms with Crippen LogP contribution in [0.3, 0.4) is 0 Å². The highest BCUT2D eigenvalue weighted by atomic mass is 16.8. The summed E-state index contributed by atoms with van der Waals surface area (Å²) in [4.78, 5) is 88.3. The van der Waals surface area contributed by atoms with Crippen molar-refractivity contribution in [3.8, 4) is 0 Å². The average molecular weight is 1270 g/mol. The van der Waals surface area contributed by atoms with E-state index in [9.17, 15) is 33.6 Å². The lowest BCUT2D eigenvalue weighted by Gasteiger charge is -2.46. The number of esters is 7. The Balaban J connectivity index is 2.37. The van der Waals surface area contributed by atoms with E-state index in [1.165, 1.54) is 89.9 Å². The number of carbonyl (C=O) groups is 7. The van der Waals surface area contributed by atoms with Crippen molar-refractivity contribution < 1.29 is 95.1 Å². The van der Waals surface area contributed by atoms with Crippen LogP contribution in [0.5, 0.6) is 0 Å². The highest BCUT2D eigenvalue weighted by Crippen LogP contribution is 2.34. The number of ether oxygens (including phenoxy) is 13. The second kappa shape index (κ2) is 45.4. The van der Waals surface area contributed by atoms with Gasteiger partial charge >= 0.3 is 41.8 Å². The monoisotopic (exact) mass is 1270 g/mol. The Labute approximate surface area is 535 Å². The van der Waals surface area contributed by atoms with Gasteiger partial charge in [0.25, 0.3) is 0 Å². The second-order valence-electron chi connectivity index (χ2n) is 27.1. The first kappa shape index (κ1) is 81.1. The maximum Gasteiger partial charge on any atom is 0.303 e. The Hall–Kier alpha value is -3.95. The van der Waals surface area contributed by atoms with Gasteiger partial charge in [-0.15, -0.1) is 0 Å². The molecule has 17 atom stereocenters. The Bertz CT molecular complexity index is 2000. The van der Waals surface area contributed by atoms with Crippen molar-refractivity contribution in [1.29, 1.82) is 0 Å². The topological polar surface area (TPSA) is 239 Å². The molecule has 2 aliphatic rings. The SMILES string of the molecule is CC(=O)OC[C@H]1O[C@@H](OC[C@H]2O[C@@H](OC[C@H](COCC[C@H](C)CCC[C@H](C)CCC[C@H](C)CCCC(C)C)OCC[C@H](C)CCC[C@H](C)CCC[C@H](C)CCCC(C)C)[C@H](OC(C)=O)[C@@H](OC(C)=O)[C@@H]2OC(C)=O)[C@H](OC(C)=O)[C@@H](OC(C)=O)[C@@H]1OC(C)=O. The van der Waals surface area contributed by atoms with Gasteiger partial charge < -0.3 is 61.6 Å². The predicted octanol–water partition coefficient (Wildman–Crippen LogP) is 13.0. The van der Waals surface area contributed by atoms with Crippen molar-refractivity contribution >= 4 is 41.8 Å². The second-order valence-corrected chi connectivity index (χ2v) is 27.1. The zero-order chi connectivity index (χ0) is 66.6. The van der Waals surface area contributed by atoms with Crippen molar-refractivity contribution in [2.24, 2.45) is 47.3 Å². The first-order valence-electron chi connectivity index (χ1n) is 33.9. The van der Waals surface area contributed by atoms with Gasteiger partial charge in [-0.2, -0.15) is 0 Å². The van der Waals surface area contributed by atoms with Crippen molar-refractivity contribution in [2.45, 2.75) is 314 Å². The molecule has 89 heavy (non-hydrogen) atoms. The molecule has 0 spiro atoms. The molecule has 0 aromatic rings. The van der Waals surface area contributed by atoms with Crippen molar-refractivity contribution in [1.82, 2.24) is 0 Å². The number of hydrogen-bond acceptors (Lipinski definition) is 20. The Morgan fingerprint density at radius 2 is 0.629 bits per heavy atom. The molecular formula is C69H122O20. The van der Waals surface area contributed by atoms with Crippen molar-refractivity contribution in [3.63, 3.8) is 0 Å². The van der Waals surface area contributed by atoms with Crippen LogP contribution < -0.4 is 0 Å². The normalized spacial score (nSPS) is 24.3. The van der Waals surface area contributed by atoms with Crippen LogP contribution in [0.2, 0.25) is 0 Å². The van der Waals surface area contributed by atoms with E-state index in [-0.39, 0.29) is 13.2 Å². The molecule has 2 heterocycles. The molecule has 20 nitrogen and oxygen atoms in total. The van der Waals surface area contributed by atoms with Crippen LogP contribution in [-0.2, 0) is 95.1 Å². The molecule has 0 amide bonds. The van der Waals surface area contributed by atoms with E-state index in [2.05, 4.69) is 69.2 Å². The molecule has 2 fully saturated rings. The van der Waals surface area contributed by atoms with Gasteiger partial charge in [0, 0.05) is 61.7 Å². The molecule has 0 aromatic carbocycles. The van der Waals surface area contributed by atoms with Gasteiger partial charge in [0.1, 0.15) is 24.9 Å². The molecule has 0 aliphatic carbocycles. The van der Waals surface area contributed by atoms with Gasteiger partial charge in [0.05, 0.1) is 19.8 Å². The third kappa shape index (κ3) is 36.8. The minimum Gasteiger partial charge on any atom is -0.463 e. The summed E-state index contributed by atoms with van der Waals surface area (Å²) >= 11 is 0. The van der Waals surface area contributed by atoms with Crippen molar-refractivity contribution in [2.75, 3.05) is 39.6 Å². The molecule has 0 unspecified atom stereocenters. The lowest BCUT2D eigenvalue weighted by atomic mass is 9.91. The van der Waals surface area contributed by atoms with Crippen LogP contribution >= 0.6 is 0 Å².